The molecular weight excluding hydrogens is 172 g/mol. The van der Waals surface area contributed by atoms with Crippen LogP contribution in [0.2, 0.25) is 0 Å². The Morgan fingerprint density at radius 2 is 2.33 bits per heavy atom. The lowest BCUT2D eigenvalue weighted by Crippen LogP contribution is -1.95. The van der Waals surface area contributed by atoms with Gasteiger partial charge in [0, 0.05) is 0 Å². The van der Waals surface area contributed by atoms with Crippen molar-refractivity contribution in [2.24, 2.45) is 0 Å². The van der Waals surface area contributed by atoms with Crippen molar-refractivity contribution in [3.8, 4) is 6.07 Å². The molecule has 0 fully saturated rings. The highest BCUT2D eigenvalue weighted by Crippen LogP contribution is 2.15. The minimum atomic E-state index is -0.0838. The number of benzene rings is 1. The summed E-state index contributed by atoms with van der Waals surface area (Å²) >= 11 is 1.25. The molecule has 3 nitrogen and oxygen atoms in total. The van der Waals surface area contributed by atoms with Crippen LogP contribution in [-0.2, 0) is 0 Å². The minimum absolute atomic E-state index is 0.0838. The molecule has 0 saturated heterocycles. The first-order valence-corrected chi connectivity index (χ1v) is 4.14. The summed E-state index contributed by atoms with van der Waals surface area (Å²) in [5.41, 5.74) is 0.497. The van der Waals surface area contributed by atoms with Crippen molar-refractivity contribution in [2.75, 3.05) is 0 Å². The highest BCUT2D eigenvalue weighted by atomic mass is 32.1. The Labute approximate surface area is 72.0 Å². The molecule has 0 unspecified atom stereocenters. The Morgan fingerprint density at radius 1 is 1.50 bits per heavy atom. The van der Waals surface area contributed by atoms with Crippen LogP contribution in [0.25, 0.3) is 10.1 Å². The molecule has 1 aromatic heterocycles. The number of hydrogen-bond donors (Lipinski definition) is 1. The molecule has 0 saturated carbocycles. The number of aromatic nitrogens is 1. The van der Waals surface area contributed by atoms with Crippen LogP contribution >= 0.6 is 11.5 Å². The van der Waals surface area contributed by atoms with Crippen LogP contribution in [0.3, 0.4) is 0 Å². The van der Waals surface area contributed by atoms with Crippen LogP contribution < -0.4 is 5.56 Å². The molecule has 0 spiro atoms. The number of nitriles is 1. The topological polar surface area (TPSA) is 56.6 Å². The lowest BCUT2D eigenvalue weighted by molar-refractivity contribution is 1.46. The van der Waals surface area contributed by atoms with Gasteiger partial charge in [-0.2, -0.15) is 5.26 Å². The summed E-state index contributed by atoms with van der Waals surface area (Å²) < 4.78 is 3.44. The van der Waals surface area contributed by atoms with Gasteiger partial charge in [0.15, 0.2) is 0 Å². The van der Waals surface area contributed by atoms with Gasteiger partial charge in [0.2, 0.25) is 0 Å². The summed E-state index contributed by atoms with van der Waals surface area (Å²) in [4.78, 5) is 11.1. The molecule has 0 amide bonds. The number of nitrogens with one attached hydrogen (secondary N) is 1. The quantitative estimate of drug-likeness (QED) is 0.660. The number of hydrogen-bond acceptors (Lipinski definition) is 3. The summed E-state index contributed by atoms with van der Waals surface area (Å²) in [6.45, 7) is 0. The van der Waals surface area contributed by atoms with Crippen LogP contribution in [0.15, 0.2) is 23.0 Å². The lowest BCUT2D eigenvalue weighted by atomic mass is 10.2. The van der Waals surface area contributed by atoms with Crippen molar-refractivity contribution in [1.29, 1.82) is 5.26 Å². The Morgan fingerprint density at radius 3 is 3.08 bits per heavy atom. The van der Waals surface area contributed by atoms with Gasteiger partial charge in [-0.1, -0.05) is 11.5 Å². The summed E-state index contributed by atoms with van der Waals surface area (Å²) in [6.07, 6.45) is 0. The zero-order valence-corrected chi connectivity index (χ0v) is 6.81. The van der Waals surface area contributed by atoms with E-state index in [2.05, 4.69) is 4.37 Å². The van der Waals surface area contributed by atoms with Crippen LogP contribution in [0, 0.1) is 11.3 Å². The Hall–Kier alpha value is -1.60. The molecule has 0 radical (unpaired) electrons. The van der Waals surface area contributed by atoms with Crippen molar-refractivity contribution >= 4 is 21.6 Å². The molecule has 0 bridgehead atoms. The predicted molar refractivity (Wildman–Crippen MR) is 47.2 cm³/mol. The molecule has 0 atom stereocenters. The predicted octanol–water partition coefficient (Wildman–Crippen LogP) is 1.46. The average molecular weight is 176 g/mol. The van der Waals surface area contributed by atoms with E-state index in [9.17, 15) is 4.79 Å². The van der Waals surface area contributed by atoms with E-state index >= 15 is 0 Å². The third kappa shape index (κ3) is 0.917. The molecule has 0 aliphatic carbocycles. The van der Waals surface area contributed by atoms with E-state index in [4.69, 9.17) is 5.26 Å². The Balaban J connectivity index is 2.89. The summed E-state index contributed by atoms with van der Waals surface area (Å²) in [5, 5.41) is 9.22. The van der Waals surface area contributed by atoms with Crippen molar-refractivity contribution in [3.63, 3.8) is 0 Å². The lowest BCUT2D eigenvalue weighted by Gasteiger charge is -1.86. The van der Waals surface area contributed by atoms with Gasteiger partial charge < -0.3 is 0 Å². The minimum Gasteiger partial charge on any atom is -0.277 e. The fourth-order valence-corrected chi connectivity index (χ4v) is 1.79. The van der Waals surface area contributed by atoms with Gasteiger partial charge in [-0.3, -0.25) is 9.17 Å². The fourth-order valence-electron chi connectivity index (χ4n) is 1.02. The van der Waals surface area contributed by atoms with Crippen molar-refractivity contribution < 1.29 is 0 Å². The third-order valence-electron chi connectivity index (χ3n) is 1.61. The van der Waals surface area contributed by atoms with Crippen LogP contribution in [0.5, 0.6) is 0 Å². The van der Waals surface area contributed by atoms with E-state index < -0.39 is 0 Å². The second kappa shape index (κ2) is 2.47. The molecule has 12 heavy (non-hydrogen) atoms. The number of fused-ring (bicyclic) bond motifs is 1. The normalized spacial score (nSPS) is 9.92. The van der Waals surface area contributed by atoms with Crippen molar-refractivity contribution in [3.05, 3.63) is 34.1 Å². The molecule has 1 N–H and O–H groups in total. The Bertz CT molecular complexity index is 518. The largest absolute Gasteiger partial charge is 0.277 e. The fraction of sp³-hybridized carbons (Fsp3) is 0. The molecule has 2 aromatic rings. The zero-order valence-electron chi connectivity index (χ0n) is 6.00. The van der Waals surface area contributed by atoms with Gasteiger partial charge in [-0.15, -0.1) is 0 Å². The van der Waals surface area contributed by atoms with Gasteiger partial charge >= 0.3 is 0 Å². The first-order chi connectivity index (χ1) is 5.81. The maximum absolute atomic E-state index is 11.1. The summed E-state index contributed by atoms with van der Waals surface area (Å²) in [6, 6.07) is 7.04. The van der Waals surface area contributed by atoms with Crippen LogP contribution in [0.1, 0.15) is 5.56 Å². The molecule has 2 rings (SSSR count). The summed E-state index contributed by atoms with van der Waals surface area (Å²) in [7, 11) is 0. The van der Waals surface area contributed by atoms with E-state index in [0.29, 0.717) is 10.9 Å². The van der Waals surface area contributed by atoms with Gasteiger partial charge in [-0.25, -0.2) is 0 Å². The first-order valence-electron chi connectivity index (χ1n) is 3.32. The second-order valence-corrected chi connectivity index (χ2v) is 3.20. The average Bonchev–Trinajstić information content (AvgIpc) is 2.47. The first kappa shape index (κ1) is 7.07. The zero-order chi connectivity index (χ0) is 8.55. The summed E-state index contributed by atoms with van der Waals surface area (Å²) in [5.74, 6) is 0. The van der Waals surface area contributed by atoms with Gasteiger partial charge in [-0.05, 0) is 18.2 Å². The van der Waals surface area contributed by atoms with Crippen LogP contribution in [-0.4, -0.2) is 4.37 Å². The smallest absolute Gasteiger partial charge is 0.265 e. The highest BCUT2D eigenvalue weighted by molar-refractivity contribution is 7.13. The van der Waals surface area contributed by atoms with Gasteiger partial charge in [0.05, 0.1) is 21.7 Å². The standard InChI is InChI=1S/C8H4N2OS/c9-4-5-1-2-6-7(3-5)12-10-8(6)11/h1-3H,(H,10,11). The number of aromatic amines is 1. The van der Waals surface area contributed by atoms with E-state index in [1.165, 1.54) is 11.5 Å². The number of H-pyrrole nitrogens is 1. The van der Waals surface area contributed by atoms with Gasteiger partial charge in [0.25, 0.3) is 5.56 Å². The molecule has 1 aromatic carbocycles. The molecule has 58 valence electrons. The maximum Gasteiger partial charge on any atom is 0.265 e. The third-order valence-corrected chi connectivity index (χ3v) is 2.45. The second-order valence-electron chi connectivity index (χ2n) is 2.36. The highest BCUT2D eigenvalue weighted by Gasteiger charge is 2.00. The van der Waals surface area contributed by atoms with Gasteiger partial charge in [0.1, 0.15) is 0 Å². The molecular formula is C8H4N2OS. The monoisotopic (exact) mass is 176 g/mol. The SMILES string of the molecule is N#Cc1ccc2c(=O)[nH]sc2c1. The number of nitrogens with zero attached hydrogens (tertiary/aromatic N) is 1. The molecule has 0 aliphatic heterocycles. The Kier molecular flexibility index (Phi) is 1.45. The maximum atomic E-state index is 11.1. The van der Waals surface area contributed by atoms with E-state index in [0.717, 1.165) is 4.70 Å². The van der Waals surface area contributed by atoms with E-state index in [-0.39, 0.29) is 5.56 Å². The van der Waals surface area contributed by atoms with Crippen molar-refractivity contribution in [1.82, 2.24) is 4.37 Å². The molecule has 1 heterocycles. The molecule has 0 aliphatic rings. The van der Waals surface area contributed by atoms with E-state index in [1.807, 2.05) is 6.07 Å². The molecule has 4 heteroatoms. The van der Waals surface area contributed by atoms with Crippen LogP contribution in [0.4, 0.5) is 0 Å². The van der Waals surface area contributed by atoms with E-state index in [1.54, 1.807) is 18.2 Å². The number of rotatable bonds is 0. The van der Waals surface area contributed by atoms with Crippen molar-refractivity contribution in [2.45, 2.75) is 0 Å².